The van der Waals surface area contributed by atoms with E-state index in [1.165, 1.54) is 5.56 Å². The first kappa shape index (κ1) is 14.2. The van der Waals surface area contributed by atoms with Gasteiger partial charge in [-0.2, -0.15) is 0 Å². The fourth-order valence-electron chi connectivity index (χ4n) is 1.65. The Morgan fingerprint density at radius 1 is 1.06 bits per heavy atom. The Balaban J connectivity index is 2.04. The van der Waals surface area contributed by atoms with Crippen molar-refractivity contribution in [2.75, 3.05) is 6.54 Å². The minimum Gasteiger partial charge on any atom is -0.550 e. The molecule has 0 aromatic heterocycles. The van der Waals surface area contributed by atoms with E-state index in [2.05, 4.69) is 17.4 Å². The Bertz CT molecular complexity index is 376. The van der Waals surface area contributed by atoms with E-state index in [4.69, 9.17) is 0 Å². The summed E-state index contributed by atoms with van der Waals surface area (Å²) in [5, 5.41) is 12.9. The van der Waals surface area contributed by atoms with Crippen molar-refractivity contribution < 1.29 is 14.7 Å². The molecule has 1 N–H and O–H groups in total. The number of rotatable bonds is 8. The number of hydrogen-bond donors (Lipinski definition) is 1. The molecule has 4 heteroatoms. The van der Waals surface area contributed by atoms with Crippen LogP contribution in [0.25, 0.3) is 0 Å². The van der Waals surface area contributed by atoms with Gasteiger partial charge in [0.05, 0.1) is 0 Å². The molecule has 0 fully saturated rings. The third kappa shape index (κ3) is 6.68. The Hall–Kier alpha value is -1.84. The number of nitrogens with one attached hydrogen (secondary N) is 1. The number of aryl methyl sites for hydroxylation is 1. The lowest BCUT2D eigenvalue weighted by Gasteiger charge is -2.05. The van der Waals surface area contributed by atoms with Crippen molar-refractivity contribution in [1.29, 1.82) is 0 Å². The molecule has 0 atom stereocenters. The van der Waals surface area contributed by atoms with E-state index in [1.54, 1.807) is 0 Å². The van der Waals surface area contributed by atoms with Crippen LogP contribution in [0, 0.1) is 0 Å². The van der Waals surface area contributed by atoms with Crippen LogP contribution in [0.1, 0.15) is 31.2 Å². The van der Waals surface area contributed by atoms with Crippen LogP contribution in [0.4, 0.5) is 0 Å². The number of carbonyl (C=O) groups excluding carboxylic acids is 2. The Labute approximate surface area is 107 Å². The van der Waals surface area contributed by atoms with Gasteiger partial charge in [0, 0.05) is 18.9 Å². The quantitative estimate of drug-likeness (QED) is 0.687. The van der Waals surface area contributed by atoms with Crippen molar-refractivity contribution in [1.82, 2.24) is 5.32 Å². The van der Waals surface area contributed by atoms with Crippen LogP contribution in [0.2, 0.25) is 0 Å². The van der Waals surface area contributed by atoms with E-state index in [9.17, 15) is 14.7 Å². The van der Waals surface area contributed by atoms with Crippen LogP contribution in [-0.2, 0) is 16.0 Å². The highest BCUT2D eigenvalue weighted by molar-refractivity contribution is 5.76. The largest absolute Gasteiger partial charge is 0.550 e. The molecule has 0 aliphatic rings. The van der Waals surface area contributed by atoms with E-state index in [-0.39, 0.29) is 18.7 Å². The Morgan fingerprint density at radius 2 is 1.78 bits per heavy atom. The molecule has 98 valence electrons. The summed E-state index contributed by atoms with van der Waals surface area (Å²) in [7, 11) is 0. The van der Waals surface area contributed by atoms with Gasteiger partial charge in [-0.3, -0.25) is 4.79 Å². The molecule has 1 amide bonds. The average Bonchev–Trinajstić information content (AvgIpc) is 2.35. The normalized spacial score (nSPS) is 10.0. The highest BCUT2D eigenvalue weighted by Gasteiger charge is 2.00. The van der Waals surface area contributed by atoms with Crippen molar-refractivity contribution in [3.05, 3.63) is 35.9 Å². The summed E-state index contributed by atoms with van der Waals surface area (Å²) < 4.78 is 0. The molecular weight excluding hydrogens is 230 g/mol. The molecule has 0 bridgehead atoms. The third-order valence-corrected chi connectivity index (χ3v) is 2.59. The lowest BCUT2D eigenvalue weighted by Crippen LogP contribution is -2.26. The van der Waals surface area contributed by atoms with E-state index in [1.807, 2.05) is 18.2 Å². The van der Waals surface area contributed by atoms with Crippen molar-refractivity contribution in [2.45, 2.75) is 32.1 Å². The minimum atomic E-state index is -1.10. The van der Waals surface area contributed by atoms with Crippen molar-refractivity contribution >= 4 is 11.9 Å². The van der Waals surface area contributed by atoms with Gasteiger partial charge in [0.1, 0.15) is 0 Å². The zero-order chi connectivity index (χ0) is 13.2. The van der Waals surface area contributed by atoms with Gasteiger partial charge in [-0.25, -0.2) is 0 Å². The van der Waals surface area contributed by atoms with Gasteiger partial charge < -0.3 is 15.2 Å². The van der Waals surface area contributed by atoms with Gasteiger partial charge in [0.2, 0.25) is 5.91 Å². The van der Waals surface area contributed by atoms with Crippen molar-refractivity contribution in [3.8, 4) is 0 Å². The third-order valence-electron chi connectivity index (χ3n) is 2.59. The summed E-state index contributed by atoms with van der Waals surface area (Å²) in [6, 6.07) is 10.1. The zero-order valence-corrected chi connectivity index (χ0v) is 10.4. The van der Waals surface area contributed by atoms with Gasteiger partial charge in [0.15, 0.2) is 0 Å². The second-order valence-corrected chi connectivity index (χ2v) is 4.16. The molecule has 0 radical (unpaired) electrons. The van der Waals surface area contributed by atoms with Gasteiger partial charge in [-0.1, -0.05) is 30.3 Å². The smallest absolute Gasteiger partial charge is 0.220 e. The van der Waals surface area contributed by atoms with Crippen LogP contribution in [0.15, 0.2) is 30.3 Å². The fourth-order valence-corrected chi connectivity index (χ4v) is 1.65. The summed E-state index contributed by atoms with van der Waals surface area (Å²) in [5.74, 6) is -1.20. The topological polar surface area (TPSA) is 69.2 Å². The highest BCUT2D eigenvalue weighted by atomic mass is 16.4. The molecule has 0 saturated carbocycles. The molecule has 1 aromatic rings. The van der Waals surface area contributed by atoms with Crippen molar-refractivity contribution in [2.24, 2.45) is 0 Å². The molecule has 0 heterocycles. The number of aliphatic carboxylic acids is 1. The van der Waals surface area contributed by atoms with Crippen LogP contribution < -0.4 is 10.4 Å². The number of hydrogen-bond acceptors (Lipinski definition) is 3. The van der Waals surface area contributed by atoms with Gasteiger partial charge in [-0.15, -0.1) is 0 Å². The minimum absolute atomic E-state index is 0.0581. The lowest BCUT2D eigenvalue weighted by atomic mass is 10.1. The van der Waals surface area contributed by atoms with Crippen LogP contribution in [0.3, 0.4) is 0 Å². The molecule has 18 heavy (non-hydrogen) atoms. The first-order valence-electron chi connectivity index (χ1n) is 6.19. The van der Waals surface area contributed by atoms with E-state index >= 15 is 0 Å². The van der Waals surface area contributed by atoms with E-state index in [0.29, 0.717) is 13.0 Å². The number of amides is 1. The zero-order valence-electron chi connectivity index (χ0n) is 10.4. The van der Waals surface area contributed by atoms with Crippen LogP contribution in [-0.4, -0.2) is 18.4 Å². The van der Waals surface area contributed by atoms with Crippen molar-refractivity contribution in [3.63, 3.8) is 0 Å². The first-order chi connectivity index (χ1) is 8.68. The standard InChI is InChI=1S/C14H19NO3/c16-13(9-4-10-14(17)18)15-11-5-8-12-6-2-1-3-7-12/h1-3,6-7H,4-5,8-11H2,(H,15,16)(H,17,18)/p-1. The van der Waals surface area contributed by atoms with Gasteiger partial charge >= 0.3 is 0 Å². The first-order valence-corrected chi connectivity index (χ1v) is 6.19. The summed E-state index contributed by atoms with van der Waals surface area (Å²) in [6.45, 7) is 0.624. The number of carboxylic acid groups (broad SMARTS) is 1. The van der Waals surface area contributed by atoms with Gasteiger partial charge in [-0.05, 0) is 31.2 Å². The summed E-state index contributed by atoms with van der Waals surface area (Å²) in [6.07, 6.45) is 2.35. The second-order valence-electron chi connectivity index (χ2n) is 4.16. The highest BCUT2D eigenvalue weighted by Crippen LogP contribution is 2.01. The summed E-state index contributed by atoms with van der Waals surface area (Å²) >= 11 is 0. The molecule has 0 saturated heterocycles. The number of benzene rings is 1. The molecular formula is C14H18NO3-. The second kappa shape index (κ2) is 8.28. The molecule has 4 nitrogen and oxygen atoms in total. The SMILES string of the molecule is O=C([O-])CCCC(=O)NCCCc1ccccc1. The molecule has 0 spiro atoms. The van der Waals surface area contributed by atoms with Crippen LogP contribution >= 0.6 is 0 Å². The predicted molar refractivity (Wildman–Crippen MR) is 66.6 cm³/mol. The molecule has 0 unspecified atom stereocenters. The molecule has 1 aromatic carbocycles. The molecule has 1 rings (SSSR count). The summed E-state index contributed by atoms with van der Waals surface area (Å²) in [5.41, 5.74) is 1.25. The maximum atomic E-state index is 11.3. The average molecular weight is 248 g/mol. The molecule has 0 aliphatic heterocycles. The fraction of sp³-hybridized carbons (Fsp3) is 0.429. The van der Waals surface area contributed by atoms with E-state index in [0.717, 1.165) is 12.8 Å². The number of carboxylic acids is 1. The van der Waals surface area contributed by atoms with Crippen LogP contribution in [0.5, 0.6) is 0 Å². The Kier molecular flexibility index (Phi) is 6.54. The maximum absolute atomic E-state index is 11.3. The maximum Gasteiger partial charge on any atom is 0.220 e. The lowest BCUT2D eigenvalue weighted by molar-refractivity contribution is -0.305. The van der Waals surface area contributed by atoms with E-state index < -0.39 is 5.97 Å². The number of carbonyl (C=O) groups is 2. The predicted octanol–water partition coefficient (Wildman–Crippen LogP) is 0.656. The Morgan fingerprint density at radius 3 is 2.44 bits per heavy atom. The monoisotopic (exact) mass is 248 g/mol. The summed E-state index contributed by atoms with van der Waals surface area (Å²) in [4.78, 5) is 21.5. The van der Waals surface area contributed by atoms with Gasteiger partial charge in [0.25, 0.3) is 0 Å². The molecule has 0 aliphatic carbocycles.